The summed E-state index contributed by atoms with van der Waals surface area (Å²) in [4.78, 5) is 11.5. The number of carbonyl (C=O) groups is 1. The van der Waals surface area contributed by atoms with Crippen molar-refractivity contribution in [1.82, 2.24) is 5.32 Å². The molecule has 268 valence electrons. The first-order valence-electron chi connectivity index (χ1n) is 16.1. The largest absolute Gasteiger partial charge is 0.513 e. The van der Waals surface area contributed by atoms with Gasteiger partial charge in [-0.15, -0.1) is 0 Å². The number of nitrogens with zero attached hydrogens (tertiary/aromatic N) is 1. The Hall–Kier alpha value is -4.25. The first-order valence-corrected chi connectivity index (χ1v) is 17.6. The van der Waals surface area contributed by atoms with Gasteiger partial charge in [-0.3, -0.25) is 9.10 Å². The maximum absolute atomic E-state index is 14.9. The third-order valence-electron chi connectivity index (χ3n) is 8.06. The molecule has 3 N–H and O–H groups in total. The van der Waals surface area contributed by atoms with Crippen molar-refractivity contribution in [3.63, 3.8) is 0 Å². The number of halogens is 3. The topological polar surface area (TPSA) is 89.9 Å². The molecule has 0 aliphatic carbocycles. The summed E-state index contributed by atoms with van der Waals surface area (Å²) in [5.41, 5.74) is 8.63. The molecule has 0 saturated carbocycles. The van der Waals surface area contributed by atoms with Gasteiger partial charge in [0.05, 0.1) is 28.7 Å². The van der Waals surface area contributed by atoms with Crippen LogP contribution in [-0.4, -0.2) is 39.6 Å². The minimum absolute atomic E-state index is 0.0165. The number of aldehydes is 1. The maximum atomic E-state index is 14.9. The van der Waals surface area contributed by atoms with Crippen molar-refractivity contribution in [3.8, 4) is 22.3 Å². The molecule has 0 spiro atoms. The summed E-state index contributed by atoms with van der Waals surface area (Å²) in [5, 5.41) is 21.5. The SMILES string of the molecule is C=C(O)Cc1c(C)c2c(c(C)c1-c1ccc(C)cc1)-c1cc(F)c(C=O)cc1[C@@H](C)N2S(C)=O.CC(C)(C)O.CNCc1ccc(F)cc1F. The van der Waals surface area contributed by atoms with Gasteiger partial charge in [-0.2, -0.15) is 0 Å². The average molecular weight is 709 g/mol. The van der Waals surface area contributed by atoms with E-state index in [4.69, 9.17) is 5.11 Å². The van der Waals surface area contributed by atoms with Gasteiger partial charge in [-0.25, -0.2) is 17.4 Å². The summed E-state index contributed by atoms with van der Waals surface area (Å²) in [6, 6.07) is 14.3. The highest BCUT2D eigenvalue weighted by molar-refractivity contribution is 7.85. The number of aliphatic hydroxyl groups is 2. The minimum atomic E-state index is -1.39. The number of carbonyl (C=O) groups excluding carboxylic acids is 1. The minimum Gasteiger partial charge on any atom is -0.513 e. The van der Waals surface area contributed by atoms with E-state index in [9.17, 15) is 27.3 Å². The zero-order chi connectivity index (χ0) is 37.7. The van der Waals surface area contributed by atoms with Crippen LogP contribution in [0.1, 0.15) is 77.5 Å². The van der Waals surface area contributed by atoms with Crippen LogP contribution < -0.4 is 9.62 Å². The molecular weight excluding hydrogens is 662 g/mol. The third kappa shape index (κ3) is 9.50. The number of anilines is 1. The van der Waals surface area contributed by atoms with Gasteiger partial charge in [-0.05, 0) is 113 Å². The van der Waals surface area contributed by atoms with E-state index in [-0.39, 0.29) is 23.8 Å². The number of benzene rings is 4. The number of fused-ring (bicyclic) bond motifs is 3. The smallest absolute Gasteiger partial charge is 0.153 e. The van der Waals surface area contributed by atoms with Gasteiger partial charge in [0, 0.05) is 36.4 Å². The Labute approximate surface area is 296 Å². The molecule has 6 nitrogen and oxygen atoms in total. The second kappa shape index (κ2) is 16.6. The lowest BCUT2D eigenvalue weighted by Gasteiger charge is -2.40. The molecule has 1 aliphatic rings. The second-order valence-electron chi connectivity index (χ2n) is 13.4. The Morgan fingerprint density at radius 3 is 2.08 bits per heavy atom. The van der Waals surface area contributed by atoms with Crippen LogP contribution in [0.2, 0.25) is 0 Å². The van der Waals surface area contributed by atoms with Crippen LogP contribution in [0, 0.1) is 38.2 Å². The summed E-state index contributed by atoms with van der Waals surface area (Å²) in [6.07, 6.45) is 2.37. The molecule has 0 fully saturated rings. The summed E-state index contributed by atoms with van der Waals surface area (Å²) in [5.74, 6) is -1.59. The summed E-state index contributed by atoms with van der Waals surface area (Å²) >= 11 is 0. The molecule has 10 heteroatoms. The lowest BCUT2D eigenvalue weighted by atomic mass is 9.79. The molecule has 2 atom stereocenters. The molecular formula is C40H47F3N2O4S. The van der Waals surface area contributed by atoms with Gasteiger partial charge in [0.2, 0.25) is 0 Å². The Balaban J connectivity index is 0.000000349. The molecule has 0 aromatic heterocycles. The number of aliphatic hydroxyl groups excluding tert-OH is 1. The fourth-order valence-corrected chi connectivity index (χ4v) is 7.02. The Kier molecular flexibility index (Phi) is 13.4. The summed E-state index contributed by atoms with van der Waals surface area (Å²) < 4.78 is 54.8. The number of allylic oxidation sites excluding steroid dienone is 1. The van der Waals surface area contributed by atoms with Crippen molar-refractivity contribution >= 4 is 23.0 Å². The summed E-state index contributed by atoms with van der Waals surface area (Å²) in [6.45, 7) is 17.2. The second-order valence-corrected chi connectivity index (χ2v) is 14.6. The molecule has 5 rings (SSSR count). The quantitative estimate of drug-likeness (QED) is 0.132. The predicted molar refractivity (Wildman–Crippen MR) is 198 cm³/mol. The van der Waals surface area contributed by atoms with Gasteiger partial charge in [0.25, 0.3) is 0 Å². The molecule has 4 aromatic carbocycles. The Morgan fingerprint density at radius 2 is 1.58 bits per heavy atom. The first kappa shape index (κ1) is 40.2. The normalized spacial score (nSPS) is 13.9. The van der Waals surface area contributed by atoms with Gasteiger partial charge < -0.3 is 15.5 Å². The van der Waals surface area contributed by atoms with E-state index in [0.717, 1.165) is 56.3 Å². The maximum Gasteiger partial charge on any atom is 0.153 e. The highest BCUT2D eigenvalue weighted by Gasteiger charge is 2.36. The van der Waals surface area contributed by atoms with Gasteiger partial charge in [0.1, 0.15) is 28.4 Å². The summed E-state index contributed by atoms with van der Waals surface area (Å²) in [7, 11) is 0.319. The van der Waals surface area contributed by atoms with Crippen LogP contribution in [0.15, 0.2) is 66.9 Å². The van der Waals surface area contributed by atoms with Crippen molar-refractivity contribution in [2.45, 2.75) is 73.1 Å². The molecule has 50 heavy (non-hydrogen) atoms. The molecule has 0 radical (unpaired) electrons. The Morgan fingerprint density at radius 1 is 0.980 bits per heavy atom. The number of rotatable bonds is 7. The number of hydrogen-bond acceptors (Lipinski definition) is 5. The molecule has 0 amide bonds. The zero-order valence-corrected chi connectivity index (χ0v) is 31.0. The van der Waals surface area contributed by atoms with Crippen molar-refractivity contribution in [1.29, 1.82) is 0 Å². The van der Waals surface area contributed by atoms with E-state index in [0.29, 0.717) is 24.0 Å². The highest BCUT2D eigenvalue weighted by atomic mass is 32.2. The van der Waals surface area contributed by atoms with E-state index >= 15 is 0 Å². The van der Waals surface area contributed by atoms with E-state index in [1.165, 1.54) is 18.2 Å². The third-order valence-corrected chi connectivity index (χ3v) is 9.12. The molecule has 1 unspecified atom stereocenters. The number of nitrogens with one attached hydrogen (secondary N) is 1. The van der Waals surface area contributed by atoms with Crippen molar-refractivity contribution in [2.75, 3.05) is 17.6 Å². The van der Waals surface area contributed by atoms with E-state index in [1.807, 2.05) is 56.3 Å². The standard InChI is InChI=1S/C28H28FNO3S.C8H9F2N.C4H10O/c1-15-7-9-20(10-8-15)26-18(4)27-24-13-25(29)21(14-31)12-23(24)19(5)30(34(6)33)28(27)17(3)22(26)11-16(2)32;1-11-5-6-2-3-7(9)4-8(6)10;1-4(2,3)5/h7-10,12-14,19,32H,2,11H2,1,3-6H3;2-4,11H,5H2,1H3;5H,1-3H3/t19-,34?;;/m1../s1. The lowest BCUT2D eigenvalue weighted by Crippen LogP contribution is -2.33. The van der Waals surface area contributed by atoms with Crippen LogP contribution in [0.3, 0.4) is 0 Å². The van der Waals surface area contributed by atoms with E-state index in [2.05, 4.69) is 11.9 Å². The first-order chi connectivity index (χ1) is 23.3. The van der Waals surface area contributed by atoms with Gasteiger partial charge in [-0.1, -0.05) is 42.5 Å². The highest BCUT2D eigenvalue weighted by Crippen LogP contribution is 2.52. The number of aryl methyl sites for hydroxylation is 1. The van der Waals surface area contributed by atoms with Crippen molar-refractivity contribution < 1.29 is 32.4 Å². The van der Waals surface area contributed by atoms with Crippen LogP contribution >= 0.6 is 0 Å². The van der Waals surface area contributed by atoms with Crippen LogP contribution in [0.4, 0.5) is 18.9 Å². The molecule has 0 saturated heterocycles. The van der Waals surface area contributed by atoms with Crippen molar-refractivity contribution in [3.05, 3.63) is 123 Å². The average Bonchev–Trinajstić information content (AvgIpc) is 3.01. The Bertz CT molecular complexity index is 1900. The molecule has 1 aliphatic heterocycles. The van der Waals surface area contributed by atoms with E-state index in [1.54, 1.807) is 40.1 Å². The van der Waals surface area contributed by atoms with E-state index < -0.39 is 34.0 Å². The molecule has 0 bridgehead atoms. The predicted octanol–water partition coefficient (Wildman–Crippen LogP) is 9.15. The fourth-order valence-electron chi connectivity index (χ4n) is 5.97. The van der Waals surface area contributed by atoms with Crippen LogP contribution in [0.25, 0.3) is 22.3 Å². The number of hydrogen-bond donors (Lipinski definition) is 3. The fraction of sp³-hybridized carbons (Fsp3) is 0.325. The van der Waals surface area contributed by atoms with Gasteiger partial charge in [0.15, 0.2) is 6.29 Å². The van der Waals surface area contributed by atoms with Gasteiger partial charge >= 0.3 is 0 Å². The van der Waals surface area contributed by atoms with Crippen molar-refractivity contribution in [2.24, 2.45) is 0 Å². The van der Waals surface area contributed by atoms with Crippen LogP contribution in [-0.2, 0) is 24.0 Å². The molecule has 4 aromatic rings. The van der Waals surface area contributed by atoms with Crippen LogP contribution in [0.5, 0.6) is 0 Å². The zero-order valence-electron chi connectivity index (χ0n) is 30.2. The molecule has 1 heterocycles. The monoisotopic (exact) mass is 708 g/mol. The lowest BCUT2D eigenvalue weighted by molar-refractivity contribution is 0.102.